The second-order valence-corrected chi connectivity index (χ2v) is 5.64. The Morgan fingerprint density at radius 3 is 2.82 bits per heavy atom. The van der Waals surface area contributed by atoms with Crippen molar-refractivity contribution in [2.45, 2.75) is 25.8 Å². The smallest absolute Gasteiger partial charge is 0.131 e. The molecule has 1 aliphatic rings. The number of benzene rings is 1. The summed E-state index contributed by atoms with van der Waals surface area (Å²) >= 11 is 0. The third kappa shape index (κ3) is 3.06. The van der Waals surface area contributed by atoms with Gasteiger partial charge in [-0.2, -0.15) is 0 Å². The van der Waals surface area contributed by atoms with Gasteiger partial charge in [0.05, 0.1) is 5.69 Å². The normalized spacial score (nSPS) is 17.5. The van der Waals surface area contributed by atoms with E-state index in [2.05, 4.69) is 30.1 Å². The van der Waals surface area contributed by atoms with Crippen LogP contribution >= 0.6 is 0 Å². The number of anilines is 1. The molecule has 0 spiro atoms. The number of nitrogens with zero attached hydrogens (tertiary/aromatic N) is 2. The van der Waals surface area contributed by atoms with Crippen LogP contribution in [-0.4, -0.2) is 23.0 Å². The third-order valence-corrected chi connectivity index (χ3v) is 4.02. The van der Waals surface area contributed by atoms with Crippen LogP contribution in [0.4, 0.5) is 5.69 Å². The van der Waals surface area contributed by atoms with Crippen molar-refractivity contribution >= 4 is 11.3 Å². The van der Waals surface area contributed by atoms with Gasteiger partial charge in [-0.05, 0) is 36.6 Å². The molecule has 22 heavy (non-hydrogen) atoms. The highest BCUT2D eigenvalue weighted by molar-refractivity contribution is 5.65. The minimum atomic E-state index is 0.565. The van der Waals surface area contributed by atoms with E-state index < -0.39 is 0 Å². The Hall–Kier alpha value is -2.49. The molecule has 1 aromatic heterocycles. The Morgan fingerprint density at radius 2 is 2.09 bits per heavy atom. The van der Waals surface area contributed by atoms with Crippen molar-refractivity contribution in [1.29, 1.82) is 0 Å². The molecule has 114 valence electrons. The first-order valence-corrected chi connectivity index (χ1v) is 7.58. The number of pyridine rings is 1. The summed E-state index contributed by atoms with van der Waals surface area (Å²) in [7, 11) is 2.12. The first-order valence-electron chi connectivity index (χ1n) is 7.58. The van der Waals surface area contributed by atoms with Crippen molar-refractivity contribution in [3.8, 4) is 11.5 Å². The number of ether oxygens (including phenoxy) is 1. The molecule has 0 amide bonds. The zero-order valence-electron chi connectivity index (χ0n) is 13.0. The van der Waals surface area contributed by atoms with Crippen LogP contribution in [0.5, 0.6) is 11.5 Å². The van der Waals surface area contributed by atoms with E-state index in [4.69, 9.17) is 10.5 Å². The topological polar surface area (TPSA) is 51.4 Å². The maximum absolute atomic E-state index is 5.88. The average molecular weight is 295 g/mol. The summed E-state index contributed by atoms with van der Waals surface area (Å²) in [4.78, 5) is 6.75. The van der Waals surface area contributed by atoms with Crippen molar-refractivity contribution < 1.29 is 4.74 Å². The van der Waals surface area contributed by atoms with Crippen LogP contribution in [0, 0.1) is 0 Å². The molecule has 0 saturated carbocycles. The lowest BCUT2D eigenvalue weighted by molar-refractivity contribution is 0.349. The zero-order chi connectivity index (χ0) is 15.5. The molecule has 2 heterocycles. The summed E-state index contributed by atoms with van der Waals surface area (Å²) in [6, 6.07) is 11.9. The van der Waals surface area contributed by atoms with Crippen LogP contribution < -0.4 is 10.5 Å². The summed E-state index contributed by atoms with van der Waals surface area (Å²) in [5.74, 6) is 1.51. The molecule has 4 heteroatoms. The molecule has 0 radical (unpaired) electrons. The van der Waals surface area contributed by atoms with Crippen molar-refractivity contribution in [3.05, 3.63) is 54.5 Å². The standard InChI is InChI=1S/C18H21N3O/c1-3-15-9-13(12-21(15)2)18-11-17(7-8-20-18)22-16-6-4-5-14(19)10-16/h4-8,10-12,15H,3,9,19H2,1-2H3. The van der Waals surface area contributed by atoms with Crippen LogP contribution in [0.15, 0.2) is 48.8 Å². The summed E-state index contributed by atoms with van der Waals surface area (Å²) in [5.41, 5.74) is 8.71. The van der Waals surface area contributed by atoms with Gasteiger partial charge in [0.25, 0.3) is 0 Å². The van der Waals surface area contributed by atoms with Gasteiger partial charge in [0.15, 0.2) is 0 Å². The molecule has 1 atom stereocenters. The third-order valence-electron chi connectivity index (χ3n) is 4.02. The number of rotatable bonds is 4. The Morgan fingerprint density at radius 1 is 1.27 bits per heavy atom. The van der Waals surface area contributed by atoms with Crippen molar-refractivity contribution in [1.82, 2.24) is 9.88 Å². The molecule has 4 nitrogen and oxygen atoms in total. The molecule has 0 fully saturated rings. The van der Waals surface area contributed by atoms with Gasteiger partial charge in [-0.3, -0.25) is 4.98 Å². The molecule has 2 aromatic rings. The molecule has 0 aliphatic carbocycles. The van der Waals surface area contributed by atoms with Gasteiger partial charge in [0.1, 0.15) is 11.5 Å². The monoisotopic (exact) mass is 295 g/mol. The van der Waals surface area contributed by atoms with Gasteiger partial charge in [-0.25, -0.2) is 0 Å². The summed E-state index contributed by atoms with van der Waals surface area (Å²) in [5, 5.41) is 0. The molecule has 0 saturated heterocycles. The molecule has 1 aromatic carbocycles. The molecule has 2 N–H and O–H groups in total. The van der Waals surface area contributed by atoms with E-state index in [1.54, 1.807) is 6.20 Å². The average Bonchev–Trinajstić information content (AvgIpc) is 2.89. The summed E-state index contributed by atoms with van der Waals surface area (Å²) in [6.45, 7) is 2.21. The number of nitrogen functional groups attached to an aromatic ring is 1. The van der Waals surface area contributed by atoms with E-state index >= 15 is 0 Å². The maximum atomic E-state index is 5.88. The second kappa shape index (κ2) is 6.10. The highest BCUT2D eigenvalue weighted by Gasteiger charge is 2.21. The van der Waals surface area contributed by atoms with Gasteiger partial charge >= 0.3 is 0 Å². The van der Waals surface area contributed by atoms with Gasteiger partial charge in [0.2, 0.25) is 0 Å². The minimum absolute atomic E-state index is 0.565. The van der Waals surface area contributed by atoms with Crippen LogP contribution in [0.1, 0.15) is 25.5 Å². The molecule has 3 rings (SSSR count). The van der Waals surface area contributed by atoms with E-state index in [1.807, 2.05) is 36.4 Å². The van der Waals surface area contributed by atoms with Crippen LogP contribution in [0.2, 0.25) is 0 Å². The highest BCUT2D eigenvalue weighted by Crippen LogP contribution is 2.31. The molecule has 1 aliphatic heterocycles. The van der Waals surface area contributed by atoms with Gasteiger partial charge < -0.3 is 15.4 Å². The maximum Gasteiger partial charge on any atom is 0.131 e. The second-order valence-electron chi connectivity index (χ2n) is 5.64. The van der Waals surface area contributed by atoms with Gasteiger partial charge in [-0.1, -0.05) is 13.0 Å². The number of hydrogen-bond acceptors (Lipinski definition) is 4. The SMILES string of the molecule is CCC1CC(c2cc(Oc3cccc(N)c3)ccn2)=CN1C. The minimum Gasteiger partial charge on any atom is -0.457 e. The Bertz CT molecular complexity index is 696. The largest absolute Gasteiger partial charge is 0.457 e. The van der Waals surface area contributed by atoms with Crippen molar-refractivity contribution in [2.24, 2.45) is 0 Å². The summed E-state index contributed by atoms with van der Waals surface area (Å²) in [6.07, 6.45) is 6.13. The van der Waals surface area contributed by atoms with E-state index in [-0.39, 0.29) is 0 Å². The lowest BCUT2D eigenvalue weighted by atomic mass is 10.1. The highest BCUT2D eigenvalue weighted by atomic mass is 16.5. The van der Waals surface area contributed by atoms with Crippen molar-refractivity contribution in [2.75, 3.05) is 12.8 Å². The molecule has 1 unspecified atom stereocenters. The quantitative estimate of drug-likeness (QED) is 0.869. The first-order chi connectivity index (χ1) is 10.7. The Balaban J connectivity index is 1.80. The van der Waals surface area contributed by atoms with Gasteiger partial charge in [-0.15, -0.1) is 0 Å². The predicted octanol–water partition coefficient (Wildman–Crippen LogP) is 3.91. The van der Waals surface area contributed by atoms with Crippen LogP contribution in [-0.2, 0) is 0 Å². The van der Waals surface area contributed by atoms with Crippen molar-refractivity contribution in [3.63, 3.8) is 0 Å². The summed E-state index contributed by atoms with van der Waals surface area (Å²) < 4.78 is 5.88. The molecular formula is C18H21N3O. The fourth-order valence-corrected chi connectivity index (χ4v) is 2.77. The number of hydrogen-bond donors (Lipinski definition) is 1. The number of nitrogens with two attached hydrogens (primary N) is 1. The zero-order valence-corrected chi connectivity index (χ0v) is 13.0. The fourth-order valence-electron chi connectivity index (χ4n) is 2.77. The number of aromatic nitrogens is 1. The first kappa shape index (κ1) is 14.4. The lowest BCUT2D eigenvalue weighted by Gasteiger charge is -2.17. The van der Waals surface area contributed by atoms with E-state index in [0.717, 1.165) is 30.0 Å². The predicted molar refractivity (Wildman–Crippen MR) is 89.6 cm³/mol. The van der Waals surface area contributed by atoms with Crippen LogP contribution in [0.3, 0.4) is 0 Å². The van der Waals surface area contributed by atoms with E-state index in [1.165, 1.54) is 5.57 Å². The van der Waals surface area contributed by atoms with Crippen LogP contribution in [0.25, 0.3) is 5.57 Å². The molecular weight excluding hydrogens is 274 g/mol. The molecule has 0 bridgehead atoms. The Kier molecular flexibility index (Phi) is 4.00. The van der Waals surface area contributed by atoms with E-state index in [9.17, 15) is 0 Å². The van der Waals surface area contributed by atoms with E-state index in [0.29, 0.717) is 11.7 Å². The van der Waals surface area contributed by atoms with Gasteiger partial charge in [0, 0.05) is 43.3 Å². The lowest BCUT2D eigenvalue weighted by Crippen LogP contribution is -2.20. The fraction of sp³-hybridized carbons (Fsp3) is 0.278. The Labute approximate surface area is 131 Å².